The standard InChI is InChI=1S/C15H19BrClNO/c1-3-10-5-7-14(9(10)2)18-15(19)11-4-6-12(16)13(17)8-11/h4,6,8-10,14H,3,5,7H2,1-2H3,(H,18,19). The quantitative estimate of drug-likeness (QED) is 0.849. The highest BCUT2D eigenvalue weighted by Crippen LogP contribution is 2.34. The van der Waals surface area contributed by atoms with Gasteiger partial charge in [-0.05, 0) is 58.8 Å². The molecule has 0 heterocycles. The van der Waals surface area contributed by atoms with Crippen molar-refractivity contribution in [1.82, 2.24) is 5.32 Å². The monoisotopic (exact) mass is 343 g/mol. The number of carbonyl (C=O) groups excluding carboxylic acids is 1. The van der Waals surface area contributed by atoms with Crippen LogP contribution in [0.3, 0.4) is 0 Å². The van der Waals surface area contributed by atoms with Crippen LogP contribution in [0.2, 0.25) is 5.02 Å². The summed E-state index contributed by atoms with van der Waals surface area (Å²) in [6.07, 6.45) is 3.48. The molecule has 1 aromatic carbocycles. The second-order valence-electron chi connectivity index (χ2n) is 5.31. The van der Waals surface area contributed by atoms with E-state index in [0.29, 0.717) is 22.5 Å². The van der Waals surface area contributed by atoms with E-state index in [9.17, 15) is 4.79 Å². The van der Waals surface area contributed by atoms with E-state index in [2.05, 4.69) is 35.1 Å². The topological polar surface area (TPSA) is 29.1 Å². The molecule has 1 amide bonds. The Bertz CT molecular complexity index is 477. The van der Waals surface area contributed by atoms with E-state index in [0.717, 1.165) is 16.8 Å². The van der Waals surface area contributed by atoms with Crippen LogP contribution < -0.4 is 5.32 Å². The van der Waals surface area contributed by atoms with Gasteiger partial charge in [0, 0.05) is 16.1 Å². The zero-order valence-electron chi connectivity index (χ0n) is 11.2. The Balaban J connectivity index is 2.03. The third-order valence-electron chi connectivity index (χ3n) is 4.25. The normalized spacial score (nSPS) is 26.4. The van der Waals surface area contributed by atoms with Crippen LogP contribution in [0.1, 0.15) is 43.5 Å². The molecule has 104 valence electrons. The summed E-state index contributed by atoms with van der Waals surface area (Å²) < 4.78 is 0.811. The second kappa shape index (κ2) is 6.27. The average molecular weight is 345 g/mol. The maximum Gasteiger partial charge on any atom is 0.251 e. The third-order valence-corrected chi connectivity index (χ3v) is 5.48. The van der Waals surface area contributed by atoms with E-state index in [4.69, 9.17) is 11.6 Å². The van der Waals surface area contributed by atoms with Gasteiger partial charge in [-0.2, -0.15) is 0 Å². The number of amides is 1. The molecule has 0 spiro atoms. The zero-order valence-corrected chi connectivity index (χ0v) is 13.6. The molecule has 1 fully saturated rings. The Hall–Kier alpha value is -0.540. The number of carbonyl (C=O) groups is 1. The number of rotatable bonds is 3. The lowest BCUT2D eigenvalue weighted by Crippen LogP contribution is -2.37. The van der Waals surface area contributed by atoms with Crippen LogP contribution in [-0.4, -0.2) is 11.9 Å². The van der Waals surface area contributed by atoms with Gasteiger partial charge in [0.2, 0.25) is 0 Å². The Morgan fingerprint density at radius 2 is 2.21 bits per heavy atom. The SMILES string of the molecule is CCC1CCC(NC(=O)c2ccc(Br)c(Cl)c2)C1C. The van der Waals surface area contributed by atoms with Gasteiger partial charge >= 0.3 is 0 Å². The first-order valence-corrected chi connectivity index (χ1v) is 7.96. The molecule has 1 aromatic rings. The van der Waals surface area contributed by atoms with Crippen molar-refractivity contribution in [2.45, 2.75) is 39.2 Å². The summed E-state index contributed by atoms with van der Waals surface area (Å²) in [5.74, 6) is 1.27. The molecule has 0 radical (unpaired) electrons. The summed E-state index contributed by atoms with van der Waals surface area (Å²) in [6, 6.07) is 5.60. The van der Waals surface area contributed by atoms with Crippen molar-refractivity contribution < 1.29 is 4.79 Å². The molecule has 19 heavy (non-hydrogen) atoms. The lowest BCUT2D eigenvalue weighted by molar-refractivity contribution is 0.0926. The Kier molecular flexibility index (Phi) is 4.91. The largest absolute Gasteiger partial charge is 0.349 e. The molecule has 1 aliphatic carbocycles. The van der Waals surface area contributed by atoms with Gasteiger partial charge in [0.25, 0.3) is 5.91 Å². The number of halogens is 2. The highest BCUT2D eigenvalue weighted by Gasteiger charge is 2.32. The molecule has 0 saturated heterocycles. The molecule has 2 rings (SSSR count). The third kappa shape index (κ3) is 3.32. The summed E-state index contributed by atoms with van der Waals surface area (Å²) in [5.41, 5.74) is 0.625. The highest BCUT2D eigenvalue weighted by atomic mass is 79.9. The molecule has 3 atom stereocenters. The second-order valence-corrected chi connectivity index (χ2v) is 6.58. The smallest absolute Gasteiger partial charge is 0.251 e. The summed E-state index contributed by atoms with van der Waals surface area (Å²) in [7, 11) is 0. The summed E-state index contributed by atoms with van der Waals surface area (Å²) in [5, 5.41) is 3.71. The van der Waals surface area contributed by atoms with E-state index < -0.39 is 0 Å². The van der Waals surface area contributed by atoms with Gasteiger partial charge in [0.05, 0.1) is 5.02 Å². The average Bonchev–Trinajstić information content (AvgIpc) is 2.73. The first-order valence-electron chi connectivity index (χ1n) is 6.78. The van der Waals surface area contributed by atoms with E-state index in [1.807, 2.05) is 6.07 Å². The molecule has 0 bridgehead atoms. The van der Waals surface area contributed by atoms with E-state index in [-0.39, 0.29) is 5.91 Å². The first-order chi connectivity index (χ1) is 9.02. The Morgan fingerprint density at radius 1 is 1.47 bits per heavy atom. The molecule has 1 aliphatic rings. The van der Waals surface area contributed by atoms with E-state index >= 15 is 0 Å². The summed E-state index contributed by atoms with van der Waals surface area (Å²) in [4.78, 5) is 12.2. The molecule has 1 N–H and O–H groups in total. The van der Waals surface area contributed by atoms with Gasteiger partial charge in [0.1, 0.15) is 0 Å². The number of hydrogen-bond acceptors (Lipinski definition) is 1. The van der Waals surface area contributed by atoms with Crippen molar-refractivity contribution in [3.05, 3.63) is 33.3 Å². The van der Waals surface area contributed by atoms with Crippen molar-refractivity contribution in [2.75, 3.05) is 0 Å². The fourth-order valence-electron chi connectivity index (χ4n) is 2.92. The first kappa shape index (κ1) is 14.9. The minimum absolute atomic E-state index is 0.0250. The van der Waals surface area contributed by atoms with Gasteiger partial charge in [0.15, 0.2) is 0 Å². The zero-order chi connectivity index (χ0) is 14.0. The molecule has 0 aromatic heterocycles. The number of hydrogen-bond donors (Lipinski definition) is 1. The van der Waals surface area contributed by atoms with Crippen molar-refractivity contribution in [1.29, 1.82) is 0 Å². The van der Waals surface area contributed by atoms with Crippen molar-refractivity contribution in [3.8, 4) is 0 Å². The lowest BCUT2D eigenvalue weighted by Gasteiger charge is -2.21. The van der Waals surface area contributed by atoms with Crippen LogP contribution in [0.5, 0.6) is 0 Å². The fraction of sp³-hybridized carbons (Fsp3) is 0.533. The minimum atomic E-state index is -0.0250. The highest BCUT2D eigenvalue weighted by molar-refractivity contribution is 9.10. The Labute approximate surface area is 128 Å². The number of nitrogens with one attached hydrogen (secondary N) is 1. The predicted octanol–water partition coefficient (Wildman–Crippen LogP) is 4.66. The predicted molar refractivity (Wildman–Crippen MR) is 82.6 cm³/mol. The van der Waals surface area contributed by atoms with E-state index in [1.165, 1.54) is 12.8 Å². The Morgan fingerprint density at radius 3 is 2.79 bits per heavy atom. The van der Waals surface area contributed by atoms with Crippen LogP contribution in [0, 0.1) is 11.8 Å². The fourth-order valence-corrected chi connectivity index (χ4v) is 3.34. The maximum atomic E-state index is 12.2. The van der Waals surface area contributed by atoms with Gasteiger partial charge in [-0.15, -0.1) is 0 Å². The van der Waals surface area contributed by atoms with Gasteiger partial charge in [-0.25, -0.2) is 0 Å². The molecular formula is C15H19BrClNO. The van der Waals surface area contributed by atoms with Crippen molar-refractivity contribution in [3.63, 3.8) is 0 Å². The lowest BCUT2D eigenvalue weighted by atomic mass is 9.93. The molecule has 2 nitrogen and oxygen atoms in total. The van der Waals surface area contributed by atoms with Crippen LogP contribution in [0.15, 0.2) is 22.7 Å². The van der Waals surface area contributed by atoms with Crippen molar-refractivity contribution >= 4 is 33.4 Å². The van der Waals surface area contributed by atoms with Crippen LogP contribution >= 0.6 is 27.5 Å². The van der Waals surface area contributed by atoms with Crippen LogP contribution in [-0.2, 0) is 0 Å². The van der Waals surface area contributed by atoms with Crippen LogP contribution in [0.4, 0.5) is 0 Å². The minimum Gasteiger partial charge on any atom is -0.349 e. The van der Waals surface area contributed by atoms with E-state index in [1.54, 1.807) is 12.1 Å². The molecule has 3 unspecified atom stereocenters. The summed E-state index contributed by atoms with van der Waals surface area (Å²) in [6.45, 7) is 4.46. The van der Waals surface area contributed by atoms with Gasteiger partial charge in [-0.3, -0.25) is 4.79 Å². The number of benzene rings is 1. The van der Waals surface area contributed by atoms with Gasteiger partial charge in [-0.1, -0.05) is 31.9 Å². The molecule has 4 heteroatoms. The summed E-state index contributed by atoms with van der Waals surface area (Å²) >= 11 is 9.35. The van der Waals surface area contributed by atoms with Crippen LogP contribution in [0.25, 0.3) is 0 Å². The van der Waals surface area contributed by atoms with Crippen molar-refractivity contribution in [2.24, 2.45) is 11.8 Å². The molecular weight excluding hydrogens is 326 g/mol. The molecule has 1 saturated carbocycles. The molecule has 0 aliphatic heterocycles. The van der Waals surface area contributed by atoms with Gasteiger partial charge < -0.3 is 5.32 Å². The maximum absolute atomic E-state index is 12.2.